The number of methoxy groups -OCH3 is 1. The number of aromatic nitrogens is 3. The van der Waals surface area contributed by atoms with Crippen molar-refractivity contribution in [2.45, 2.75) is 6.92 Å². The van der Waals surface area contributed by atoms with Crippen LogP contribution in [0.15, 0.2) is 54.0 Å². The summed E-state index contributed by atoms with van der Waals surface area (Å²) >= 11 is 2.59. The minimum atomic E-state index is -0.475. The SMILES string of the molecule is COC(=O)c1sc(NC(=O)c2cn(-c3ccccc3)nc2-c2cccs2)nc1C. The van der Waals surface area contributed by atoms with Crippen LogP contribution in [0.2, 0.25) is 0 Å². The van der Waals surface area contributed by atoms with E-state index in [0.29, 0.717) is 27.0 Å². The number of carbonyl (C=O) groups excluding carboxylic acids is 2. The topological polar surface area (TPSA) is 86.1 Å². The molecule has 1 amide bonds. The number of benzene rings is 1. The predicted octanol–water partition coefficient (Wildman–Crippen LogP) is 4.40. The zero-order valence-electron chi connectivity index (χ0n) is 15.6. The molecule has 0 aliphatic heterocycles. The number of amides is 1. The molecule has 0 radical (unpaired) electrons. The monoisotopic (exact) mass is 424 g/mol. The highest BCUT2D eigenvalue weighted by molar-refractivity contribution is 7.17. The molecular formula is C20H16N4O3S2. The number of nitrogens with one attached hydrogen (secondary N) is 1. The maximum Gasteiger partial charge on any atom is 0.350 e. The van der Waals surface area contributed by atoms with Gasteiger partial charge in [0.15, 0.2) is 5.13 Å². The van der Waals surface area contributed by atoms with Gasteiger partial charge in [0.05, 0.1) is 28.9 Å². The minimum Gasteiger partial charge on any atom is -0.465 e. The summed E-state index contributed by atoms with van der Waals surface area (Å²) < 4.78 is 6.42. The lowest BCUT2D eigenvalue weighted by molar-refractivity contribution is 0.0605. The molecule has 0 unspecified atom stereocenters. The summed E-state index contributed by atoms with van der Waals surface area (Å²) in [5, 5.41) is 9.67. The number of anilines is 1. The molecule has 0 fully saturated rings. The normalized spacial score (nSPS) is 10.7. The lowest BCUT2D eigenvalue weighted by atomic mass is 10.2. The summed E-state index contributed by atoms with van der Waals surface area (Å²) in [6.07, 6.45) is 1.70. The quantitative estimate of drug-likeness (QED) is 0.480. The molecule has 0 saturated carbocycles. The molecule has 9 heteroatoms. The Morgan fingerprint density at radius 2 is 1.93 bits per heavy atom. The van der Waals surface area contributed by atoms with E-state index < -0.39 is 5.97 Å². The summed E-state index contributed by atoms with van der Waals surface area (Å²) in [4.78, 5) is 30.3. The molecule has 0 saturated heterocycles. The molecule has 7 nitrogen and oxygen atoms in total. The zero-order valence-corrected chi connectivity index (χ0v) is 17.2. The van der Waals surface area contributed by atoms with Gasteiger partial charge in [-0.3, -0.25) is 10.1 Å². The van der Waals surface area contributed by atoms with Crippen molar-refractivity contribution in [1.82, 2.24) is 14.8 Å². The van der Waals surface area contributed by atoms with Crippen molar-refractivity contribution in [2.75, 3.05) is 12.4 Å². The molecule has 29 heavy (non-hydrogen) atoms. The number of para-hydroxylation sites is 1. The van der Waals surface area contributed by atoms with Crippen LogP contribution < -0.4 is 5.32 Å². The molecule has 4 rings (SSSR count). The zero-order chi connectivity index (χ0) is 20.4. The average molecular weight is 425 g/mol. The first kappa shape index (κ1) is 19.0. The van der Waals surface area contributed by atoms with Gasteiger partial charge in [-0.15, -0.1) is 11.3 Å². The van der Waals surface area contributed by atoms with E-state index in [-0.39, 0.29) is 5.91 Å². The van der Waals surface area contributed by atoms with Crippen LogP contribution in [0.1, 0.15) is 25.7 Å². The number of thiazole rings is 1. The van der Waals surface area contributed by atoms with Crippen LogP contribution in [0.3, 0.4) is 0 Å². The maximum absolute atomic E-state index is 13.0. The Bertz CT molecular complexity index is 1160. The number of aryl methyl sites for hydroxylation is 1. The minimum absolute atomic E-state index is 0.331. The molecule has 3 aromatic heterocycles. The summed E-state index contributed by atoms with van der Waals surface area (Å²) in [6.45, 7) is 1.70. The third-order valence-corrected chi connectivity index (χ3v) is 6.05. The van der Waals surface area contributed by atoms with Gasteiger partial charge in [-0.2, -0.15) is 5.10 Å². The number of esters is 1. The first-order valence-corrected chi connectivity index (χ1v) is 10.3. The molecule has 0 aliphatic carbocycles. The van der Waals surface area contributed by atoms with E-state index in [0.717, 1.165) is 21.9 Å². The fourth-order valence-electron chi connectivity index (χ4n) is 2.74. The van der Waals surface area contributed by atoms with Gasteiger partial charge in [-0.1, -0.05) is 35.6 Å². The average Bonchev–Trinajstić information content (AvgIpc) is 3.47. The van der Waals surface area contributed by atoms with Crippen LogP contribution in [0.4, 0.5) is 5.13 Å². The van der Waals surface area contributed by atoms with Crippen LogP contribution >= 0.6 is 22.7 Å². The van der Waals surface area contributed by atoms with Gasteiger partial charge in [0.1, 0.15) is 10.6 Å². The molecule has 0 aliphatic rings. The van der Waals surface area contributed by atoms with E-state index in [1.165, 1.54) is 18.4 Å². The standard InChI is InChI=1S/C20H16N4O3S2/c1-12-17(19(26)27-2)29-20(21-12)22-18(25)14-11-24(13-7-4-3-5-8-13)23-16(14)15-9-6-10-28-15/h3-11H,1-2H3,(H,21,22,25). The van der Waals surface area contributed by atoms with E-state index in [2.05, 4.69) is 15.4 Å². The van der Waals surface area contributed by atoms with Crippen LogP contribution in [0, 0.1) is 6.92 Å². The number of thiophene rings is 1. The fourth-order valence-corrected chi connectivity index (χ4v) is 4.35. The number of ether oxygens (including phenoxy) is 1. The highest BCUT2D eigenvalue weighted by Gasteiger charge is 2.22. The van der Waals surface area contributed by atoms with Crippen LogP contribution in [0.5, 0.6) is 0 Å². The van der Waals surface area contributed by atoms with Crippen LogP contribution in [-0.4, -0.2) is 33.8 Å². The van der Waals surface area contributed by atoms with E-state index in [9.17, 15) is 9.59 Å². The van der Waals surface area contributed by atoms with Crippen molar-refractivity contribution in [2.24, 2.45) is 0 Å². The number of nitrogens with zero attached hydrogens (tertiary/aromatic N) is 3. The predicted molar refractivity (Wildman–Crippen MR) is 113 cm³/mol. The van der Waals surface area contributed by atoms with E-state index in [1.807, 2.05) is 47.8 Å². The molecule has 0 bridgehead atoms. The Kier molecular flexibility index (Phi) is 5.24. The van der Waals surface area contributed by atoms with Crippen LogP contribution in [-0.2, 0) is 4.74 Å². The Hall–Kier alpha value is -3.30. The Balaban J connectivity index is 1.69. The Morgan fingerprint density at radius 3 is 2.62 bits per heavy atom. The molecule has 1 aromatic carbocycles. The molecule has 4 aromatic rings. The van der Waals surface area contributed by atoms with E-state index >= 15 is 0 Å². The second-order valence-corrected chi connectivity index (χ2v) is 7.97. The highest BCUT2D eigenvalue weighted by Crippen LogP contribution is 2.29. The van der Waals surface area contributed by atoms with Gasteiger partial charge < -0.3 is 4.74 Å². The van der Waals surface area contributed by atoms with Crippen molar-refractivity contribution in [3.63, 3.8) is 0 Å². The van der Waals surface area contributed by atoms with Gasteiger partial charge in [0.25, 0.3) is 5.91 Å². The van der Waals surface area contributed by atoms with Crippen molar-refractivity contribution in [1.29, 1.82) is 0 Å². The summed E-state index contributed by atoms with van der Waals surface area (Å²) in [5.41, 5.74) is 2.37. The largest absolute Gasteiger partial charge is 0.465 e. The molecule has 146 valence electrons. The van der Waals surface area contributed by atoms with Crippen molar-refractivity contribution < 1.29 is 14.3 Å². The summed E-state index contributed by atoms with van der Waals surface area (Å²) in [5.74, 6) is -0.822. The lowest BCUT2D eigenvalue weighted by Gasteiger charge is -2.00. The van der Waals surface area contributed by atoms with Gasteiger partial charge in [-0.05, 0) is 30.5 Å². The lowest BCUT2D eigenvalue weighted by Crippen LogP contribution is -2.12. The van der Waals surface area contributed by atoms with Gasteiger partial charge in [0, 0.05) is 6.20 Å². The number of hydrogen-bond donors (Lipinski definition) is 1. The maximum atomic E-state index is 13.0. The molecule has 0 atom stereocenters. The molecule has 3 heterocycles. The third-order valence-electron chi connectivity index (χ3n) is 4.12. The molecule has 0 spiro atoms. The second kappa shape index (κ2) is 7.98. The molecular weight excluding hydrogens is 408 g/mol. The number of carbonyl (C=O) groups is 2. The smallest absolute Gasteiger partial charge is 0.350 e. The third kappa shape index (κ3) is 3.82. The Morgan fingerprint density at radius 1 is 1.14 bits per heavy atom. The highest BCUT2D eigenvalue weighted by atomic mass is 32.1. The van der Waals surface area contributed by atoms with Crippen molar-refractivity contribution in [3.8, 4) is 16.3 Å². The molecule has 1 N–H and O–H groups in total. The van der Waals surface area contributed by atoms with Crippen molar-refractivity contribution in [3.05, 3.63) is 70.2 Å². The van der Waals surface area contributed by atoms with Gasteiger partial charge in [0.2, 0.25) is 0 Å². The number of hydrogen-bond acceptors (Lipinski definition) is 7. The van der Waals surface area contributed by atoms with Crippen molar-refractivity contribution >= 4 is 39.7 Å². The summed E-state index contributed by atoms with van der Waals surface area (Å²) in [6, 6.07) is 13.4. The van der Waals surface area contributed by atoms with E-state index in [4.69, 9.17) is 4.74 Å². The summed E-state index contributed by atoms with van der Waals surface area (Å²) in [7, 11) is 1.31. The fraction of sp³-hybridized carbons (Fsp3) is 0.100. The van der Waals surface area contributed by atoms with Gasteiger partial charge >= 0.3 is 5.97 Å². The number of rotatable bonds is 5. The van der Waals surface area contributed by atoms with Crippen LogP contribution in [0.25, 0.3) is 16.3 Å². The van der Waals surface area contributed by atoms with Gasteiger partial charge in [-0.25, -0.2) is 14.5 Å². The first-order chi connectivity index (χ1) is 14.1. The second-order valence-electron chi connectivity index (χ2n) is 6.03. The van der Waals surface area contributed by atoms with E-state index in [1.54, 1.807) is 17.8 Å². The Labute approximate surface area is 174 Å². The first-order valence-electron chi connectivity index (χ1n) is 8.63.